The third-order valence-corrected chi connectivity index (χ3v) is 3.36. The summed E-state index contributed by atoms with van der Waals surface area (Å²) in [5.74, 6) is 0. The van der Waals surface area contributed by atoms with E-state index >= 15 is 0 Å². The molecule has 1 aliphatic heterocycles. The molecule has 1 N–H and O–H groups in total. The molecule has 0 aliphatic carbocycles. The Morgan fingerprint density at radius 1 is 1.53 bits per heavy atom. The number of aromatic nitrogens is 1. The fraction of sp³-hybridized carbons (Fsp3) is 0.538. The first-order valence-corrected chi connectivity index (χ1v) is 5.96. The number of hydrogen-bond acceptors (Lipinski definition) is 4. The van der Waals surface area contributed by atoms with Crippen molar-refractivity contribution in [3.05, 3.63) is 23.0 Å². The predicted molar refractivity (Wildman–Crippen MR) is 68.1 cm³/mol. The Hall–Kier alpha value is -1.60. The maximum atomic E-state index is 9.24. The van der Waals surface area contributed by atoms with E-state index in [0.717, 1.165) is 36.6 Å². The monoisotopic (exact) mass is 230 g/mol. The molecule has 1 aromatic heterocycles. The Bertz CT molecular complexity index is 461. The number of hydrogen-bond donors (Lipinski definition) is 1. The van der Waals surface area contributed by atoms with E-state index < -0.39 is 0 Å². The topological polar surface area (TPSA) is 52.0 Å². The van der Waals surface area contributed by atoms with Crippen LogP contribution in [0.5, 0.6) is 0 Å². The molecule has 2 heterocycles. The minimum Gasteiger partial charge on any atom is -0.369 e. The van der Waals surface area contributed by atoms with E-state index in [0.29, 0.717) is 11.6 Å². The quantitative estimate of drug-likeness (QED) is 0.833. The average Bonchev–Trinajstić information content (AvgIpc) is 2.76. The number of aryl methyl sites for hydroxylation is 2. The van der Waals surface area contributed by atoms with E-state index in [1.165, 1.54) is 0 Å². The van der Waals surface area contributed by atoms with E-state index in [1.54, 1.807) is 0 Å². The molecule has 1 aliphatic rings. The van der Waals surface area contributed by atoms with Gasteiger partial charge in [0.15, 0.2) is 0 Å². The molecule has 1 atom stereocenters. The number of likely N-dealkylation sites (N-methyl/N-ethyl adjacent to an activating group) is 1. The van der Waals surface area contributed by atoms with Gasteiger partial charge in [0.1, 0.15) is 6.07 Å². The maximum Gasteiger partial charge on any atom is 0.103 e. The minimum atomic E-state index is 0.523. The second-order valence-corrected chi connectivity index (χ2v) is 4.58. The fourth-order valence-corrected chi connectivity index (χ4v) is 2.41. The van der Waals surface area contributed by atoms with Gasteiger partial charge >= 0.3 is 0 Å². The van der Waals surface area contributed by atoms with Crippen LogP contribution in [0.1, 0.15) is 23.4 Å². The van der Waals surface area contributed by atoms with E-state index in [9.17, 15) is 5.26 Å². The van der Waals surface area contributed by atoms with E-state index in [-0.39, 0.29) is 0 Å². The highest BCUT2D eigenvalue weighted by Crippen LogP contribution is 2.26. The van der Waals surface area contributed by atoms with Crippen molar-refractivity contribution in [2.24, 2.45) is 0 Å². The zero-order valence-electron chi connectivity index (χ0n) is 10.6. The van der Waals surface area contributed by atoms with Crippen LogP contribution in [0.3, 0.4) is 0 Å². The summed E-state index contributed by atoms with van der Waals surface area (Å²) in [6, 6.07) is 4.82. The lowest BCUT2D eigenvalue weighted by atomic mass is 10.1. The van der Waals surface area contributed by atoms with E-state index in [1.807, 2.05) is 27.0 Å². The molecule has 1 aromatic rings. The summed E-state index contributed by atoms with van der Waals surface area (Å²) in [4.78, 5) is 6.63. The van der Waals surface area contributed by atoms with Crippen LogP contribution in [0.15, 0.2) is 6.07 Å². The van der Waals surface area contributed by atoms with Crippen LogP contribution in [0.4, 0.5) is 5.69 Å². The Morgan fingerprint density at radius 2 is 2.29 bits per heavy atom. The van der Waals surface area contributed by atoms with Gasteiger partial charge in [-0.05, 0) is 33.4 Å². The molecular formula is C13H18N4. The zero-order valence-corrected chi connectivity index (χ0v) is 10.6. The smallest absolute Gasteiger partial charge is 0.103 e. The van der Waals surface area contributed by atoms with Gasteiger partial charge in [-0.2, -0.15) is 5.26 Å². The molecule has 4 heteroatoms. The van der Waals surface area contributed by atoms with Crippen LogP contribution in [0.25, 0.3) is 0 Å². The van der Waals surface area contributed by atoms with Gasteiger partial charge in [0, 0.05) is 24.8 Å². The van der Waals surface area contributed by atoms with Crippen molar-refractivity contribution >= 4 is 5.69 Å². The van der Waals surface area contributed by atoms with Gasteiger partial charge in [-0.1, -0.05) is 0 Å². The summed E-state index contributed by atoms with van der Waals surface area (Å²) < 4.78 is 0. The summed E-state index contributed by atoms with van der Waals surface area (Å²) in [7, 11) is 1.99. The average molecular weight is 230 g/mol. The predicted octanol–water partition coefficient (Wildman–Crippen LogP) is 1.37. The highest BCUT2D eigenvalue weighted by atomic mass is 15.2. The Labute approximate surface area is 102 Å². The molecular weight excluding hydrogens is 212 g/mol. The lowest BCUT2D eigenvalue weighted by Gasteiger charge is -2.21. The van der Waals surface area contributed by atoms with E-state index in [2.05, 4.69) is 21.3 Å². The molecule has 0 spiro atoms. The fourth-order valence-electron chi connectivity index (χ4n) is 2.41. The molecule has 1 unspecified atom stereocenters. The summed E-state index contributed by atoms with van der Waals surface area (Å²) in [6.07, 6.45) is 1.13. The van der Waals surface area contributed by atoms with Crippen LogP contribution in [-0.4, -0.2) is 31.2 Å². The SMILES string of the molecule is CNC1CCN(c2cc(C)nc(C)c2C#N)C1. The number of anilines is 1. The van der Waals surface area contributed by atoms with Gasteiger partial charge < -0.3 is 10.2 Å². The number of pyridine rings is 1. The van der Waals surface area contributed by atoms with Crippen molar-refractivity contribution in [1.82, 2.24) is 10.3 Å². The van der Waals surface area contributed by atoms with Crippen molar-refractivity contribution < 1.29 is 0 Å². The molecule has 2 rings (SSSR count). The minimum absolute atomic E-state index is 0.523. The van der Waals surface area contributed by atoms with Crippen LogP contribution in [-0.2, 0) is 0 Å². The molecule has 0 saturated carbocycles. The van der Waals surface area contributed by atoms with Crippen molar-refractivity contribution in [3.8, 4) is 6.07 Å². The van der Waals surface area contributed by atoms with Gasteiger partial charge in [0.05, 0.1) is 16.9 Å². The molecule has 4 nitrogen and oxygen atoms in total. The molecule has 0 amide bonds. The molecule has 1 fully saturated rings. The van der Waals surface area contributed by atoms with Gasteiger partial charge in [-0.15, -0.1) is 0 Å². The first-order chi connectivity index (χ1) is 8.15. The van der Waals surface area contributed by atoms with Crippen molar-refractivity contribution in [1.29, 1.82) is 5.26 Å². The number of nitriles is 1. The molecule has 0 radical (unpaired) electrons. The molecule has 0 aromatic carbocycles. The summed E-state index contributed by atoms with van der Waals surface area (Å²) in [5.41, 5.74) is 3.56. The standard InChI is InChI=1S/C13H18N4/c1-9-6-13(12(7-14)10(2)16-9)17-5-4-11(8-17)15-3/h6,11,15H,4-5,8H2,1-3H3. The maximum absolute atomic E-state index is 9.24. The Balaban J connectivity index is 2.36. The third-order valence-electron chi connectivity index (χ3n) is 3.36. The summed E-state index contributed by atoms with van der Waals surface area (Å²) in [5, 5.41) is 12.5. The zero-order chi connectivity index (χ0) is 12.4. The normalized spacial score (nSPS) is 19.4. The molecule has 0 bridgehead atoms. The van der Waals surface area contributed by atoms with Crippen molar-refractivity contribution in [2.75, 3.05) is 25.0 Å². The van der Waals surface area contributed by atoms with Crippen molar-refractivity contribution in [3.63, 3.8) is 0 Å². The Morgan fingerprint density at radius 3 is 2.88 bits per heavy atom. The van der Waals surface area contributed by atoms with Crippen LogP contribution < -0.4 is 10.2 Å². The lowest BCUT2D eigenvalue weighted by Crippen LogP contribution is -2.30. The second-order valence-electron chi connectivity index (χ2n) is 4.58. The number of rotatable bonds is 2. The van der Waals surface area contributed by atoms with Gasteiger partial charge in [0.25, 0.3) is 0 Å². The third kappa shape index (κ3) is 2.25. The number of nitrogens with zero attached hydrogens (tertiary/aromatic N) is 3. The second kappa shape index (κ2) is 4.72. The van der Waals surface area contributed by atoms with Crippen LogP contribution in [0.2, 0.25) is 0 Å². The first kappa shape index (κ1) is 11.9. The Kier molecular flexibility index (Phi) is 3.30. The highest BCUT2D eigenvalue weighted by molar-refractivity contribution is 5.62. The molecule has 90 valence electrons. The molecule has 17 heavy (non-hydrogen) atoms. The van der Waals surface area contributed by atoms with E-state index in [4.69, 9.17) is 0 Å². The van der Waals surface area contributed by atoms with Gasteiger partial charge in [-0.3, -0.25) is 4.98 Å². The number of nitrogens with one attached hydrogen (secondary N) is 1. The first-order valence-electron chi connectivity index (χ1n) is 5.96. The van der Waals surface area contributed by atoms with Crippen LogP contribution in [0, 0.1) is 25.2 Å². The van der Waals surface area contributed by atoms with Gasteiger partial charge in [-0.25, -0.2) is 0 Å². The lowest BCUT2D eigenvalue weighted by molar-refractivity contribution is 0.617. The van der Waals surface area contributed by atoms with Crippen LogP contribution >= 0.6 is 0 Å². The highest BCUT2D eigenvalue weighted by Gasteiger charge is 2.24. The van der Waals surface area contributed by atoms with Crippen molar-refractivity contribution in [2.45, 2.75) is 26.3 Å². The summed E-state index contributed by atoms with van der Waals surface area (Å²) >= 11 is 0. The summed E-state index contributed by atoms with van der Waals surface area (Å²) in [6.45, 7) is 5.85. The van der Waals surface area contributed by atoms with Gasteiger partial charge in [0.2, 0.25) is 0 Å². The largest absolute Gasteiger partial charge is 0.369 e. The molecule has 1 saturated heterocycles.